The molecule has 2 bridgehead atoms. The molecule has 2 N–H and O–H groups in total. The smallest absolute Gasteiger partial charge is 0.246 e. The number of ether oxygens (including phenoxy) is 5. The molecule has 47 heavy (non-hydrogen) atoms. The van der Waals surface area contributed by atoms with Crippen molar-refractivity contribution in [2.24, 2.45) is 0 Å². The third-order valence-electron chi connectivity index (χ3n) is 9.98. The van der Waals surface area contributed by atoms with Crippen LogP contribution in [0.5, 0.6) is 11.5 Å². The molecule has 0 radical (unpaired) electrons. The molecule has 1 aliphatic heterocycles. The van der Waals surface area contributed by atoms with Crippen LogP contribution in [0.25, 0.3) is 0 Å². The normalized spacial score (nSPS) is 27.5. The maximum atomic E-state index is 13.6. The van der Waals surface area contributed by atoms with Gasteiger partial charge in [0, 0.05) is 11.1 Å². The van der Waals surface area contributed by atoms with Gasteiger partial charge in [-0.1, -0.05) is 86.3 Å². The molecule has 9 nitrogen and oxygen atoms in total. The van der Waals surface area contributed by atoms with E-state index in [9.17, 15) is 9.59 Å². The van der Waals surface area contributed by atoms with E-state index in [2.05, 4.69) is 10.6 Å². The van der Waals surface area contributed by atoms with Crippen LogP contribution in [0.3, 0.4) is 0 Å². The van der Waals surface area contributed by atoms with Crippen LogP contribution >= 0.6 is 0 Å². The van der Waals surface area contributed by atoms with Crippen LogP contribution in [-0.2, 0) is 48.1 Å². The Morgan fingerprint density at radius 2 is 1.11 bits per heavy atom. The lowest BCUT2D eigenvalue weighted by Crippen LogP contribution is -2.58. The molecule has 3 aromatic rings. The SMILES string of the molecule is COc1cc2c(OC)c(c1)CO[C@@H]1CCCC[C@]1(c1ccccc1)NC(=O)COCC(=O)N[C@@]1(c3ccccc3)CCCC[C@H]1OC2. The van der Waals surface area contributed by atoms with Crippen molar-refractivity contribution in [2.75, 3.05) is 27.4 Å². The highest BCUT2D eigenvalue weighted by molar-refractivity contribution is 5.81. The molecule has 2 amide bonds. The van der Waals surface area contributed by atoms with Gasteiger partial charge >= 0.3 is 0 Å². The number of carbonyl (C=O) groups is 2. The number of hydrogen-bond donors (Lipinski definition) is 2. The molecule has 2 saturated carbocycles. The van der Waals surface area contributed by atoms with Gasteiger partial charge in [0.05, 0.1) is 50.7 Å². The monoisotopic (exact) mass is 642 g/mol. The van der Waals surface area contributed by atoms with E-state index in [-0.39, 0.29) is 50.4 Å². The Morgan fingerprint density at radius 3 is 1.53 bits per heavy atom. The first-order chi connectivity index (χ1) is 23.0. The highest BCUT2D eigenvalue weighted by Gasteiger charge is 2.46. The van der Waals surface area contributed by atoms with Crippen LogP contribution in [0.1, 0.15) is 73.6 Å². The predicted molar refractivity (Wildman–Crippen MR) is 177 cm³/mol. The van der Waals surface area contributed by atoms with Gasteiger partial charge in [-0.25, -0.2) is 0 Å². The topological polar surface area (TPSA) is 104 Å². The number of methoxy groups -OCH3 is 2. The minimum Gasteiger partial charge on any atom is -0.497 e. The largest absolute Gasteiger partial charge is 0.497 e. The fourth-order valence-electron chi connectivity index (χ4n) is 7.80. The summed E-state index contributed by atoms with van der Waals surface area (Å²) in [6, 6.07) is 23.9. The molecule has 0 unspecified atom stereocenters. The Hall–Kier alpha value is -3.92. The molecule has 0 aromatic heterocycles. The zero-order valence-electron chi connectivity index (χ0n) is 27.4. The van der Waals surface area contributed by atoms with Crippen molar-refractivity contribution in [3.63, 3.8) is 0 Å². The summed E-state index contributed by atoms with van der Waals surface area (Å²) in [4.78, 5) is 27.2. The van der Waals surface area contributed by atoms with Gasteiger partial charge in [-0.2, -0.15) is 0 Å². The van der Waals surface area contributed by atoms with E-state index < -0.39 is 11.1 Å². The van der Waals surface area contributed by atoms with Crippen LogP contribution in [-0.4, -0.2) is 51.5 Å². The molecular formula is C38H46N2O7. The fraction of sp³-hybridized carbons (Fsp3) is 0.474. The van der Waals surface area contributed by atoms with Crippen LogP contribution in [0, 0.1) is 0 Å². The van der Waals surface area contributed by atoms with Crippen LogP contribution in [0.15, 0.2) is 72.8 Å². The maximum Gasteiger partial charge on any atom is 0.246 e. The van der Waals surface area contributed by atoms with Gasteiger partial charge in [0.25, 0.3) is 0 Å². The Bertz CT molecular complexity index is 1410. The molecular weight excluding hydrogens is 596 g/mol. The molecule has 6 rings (SSSR count). The van der Waals surface area contributed by atoms with Gasteiger partial charge in [-0.15, -0.1) is 0 Å². The van der Waals surface area contributed by atoms with Crippen molar-refractivity contribution in [1.82, 2.24) is 10.6 Å². The lowest BCUT2D eigenvalue weighted by atomic mass is 9.74. The second-order valence-corrected chi connectivity index (χ2v) is 12.8. The van der Waals surface area contributed by atoms with Crippen molar-refractivity contribution in [1.29, 1.82) is 0 Å². The quantitative estimate of drug-likeness (QED) is 0.378. The number of carbonyl (C=O) groups excluding carboxylic acids is 2. The van der Waals surface area contributed by atoms with Gasteiger partial charge in [0.2, 0.25) is 11.8 Å². The summed E-state index contributed by atoms with van der Waals surface area (Å²) in [5.41, 5.74) is 2.09. The first kappa shape index (κ1) is 33.0. The Morgan fingerprint density at radius 1 is 0.638 bits per heavy atom. The fourth-order valence-corrected chi connectivity index (χ4v) is 7.80. The summed E-state index contributed by atoms with van der Waals surface area (Å²) in [5.74, 6) is 0.759. The van der Waals surface area contributed by atoms with Crippen molar-refractivity contribution >= 4 is 11.8 Å². The van der Waals surface area contributed by atoms with Gasteiger partial charge < -0.3 is 34.3 Å². The number of fused-ring (bicyclic) bond motifs is 4. The summed E-state index contributed by atoms with van der Waals surface area (Å²) in [6.07, 6.45) is 6.16. The molecule has 2 aliphatic carbocycles. The molecule has 250 valence electrons. The molecule has 4 atom stereocenters. The number of hydrogen-bond acceptors (Lipinski definition) is 7. The summed E-state index contributed by atoms with van der Waals surface area (Å²) >= 11 is 0. The maximum absolute atomic E-state index is 13.6. The Labute approximate surface area is 277 Å². The lowest BCUT2D eigenvalue weighted by Gasteiger charge is -2.45. The van der Waals surface area contributed by atoms with Gasteiger partial charge in [-0.3, -0.25) is 9.59 Å². The summed E-state index contributed by atoms with van der Waals surface area (Å²) in [7, 11) is 3.30. The molecule has 9 heteroatoms. The lowest BCUT2D eigenvalue weighted by molar-refractivity contribution is -0.138. The van der Waals surface area contributed by atoms with Gasteiger partial charge in [-0.05, 0) is 48.9 Å². The van der Waals surface area contributed by atoms with E-state index >= 15 is 0 Å². The van der Waals surface area contributed by atoms with Crippen LogP contribution in [0.2, 0.25) is 0 Å². The number of amides is 2. The first-order valence-electron chi connectivity index (χ1n) is 16.8. The first-order valence-corrected chi connectivity index (χ1v) is 16.8. The average Bonchev–Trinajstić information content (AvgIpc) is 3.10. The van der Waals surface area contributed by atoms with E-state index in [1.165, 1.54) is 0 Å². The van der Waals surface area contributed by atoms with Crippen LogP contribution < -0.4 is 20.1 Å². The minimum atomic E-state index is -0.765. The Balaban J connectivity index is 1.40. The van der Waals surface area contributed by atoms with Crippen molar-refractivity contribution < 1.29 is 33.3 Å². The number of benzene rings is 3. The Kier molecular flexibility index (Phi) is 10.4. The molecule has 0 saturated heterocycles. The second-order valence-electron chi connectivity index (χ2n) is 12.8. The summed E-state index contributed by atoms with van der Waals surface area (Å²) in [5, 5.41) is 6.62. The zero-order chi connectivity index (χ0) is 32.7. The summed E-state index contributed by atoms with van der Waals surface area (Å²) < 4.78 is 31.0. The van der Waals surface area contributed by atoms with Crippen LogP contribution in [0.4, 0.5) is 0 Å². The molecule has 3 aliphatic rings. The molecule has 2 fully saturated rings. The van der Waals surface area contributed by atoms with Gasteiger partial charge in [0.1, 0.15) is 24.7 Å². The van der Waals surface area contributed by atoms with E-state index in [1.807, 2.05) is 72.8 Å². The second kappa shape index (κ2) is 14.9. The third kappa shape index (κ3) is 7.03. The number of nitrogens with one attached hydrogen (secondary N) is 2. The third-order valence-corrected chi connectivity index (χ3v) is 9.98. The van der Waals surface area contributed by atoms with Gasteiger partial charge in [0.15, 0.2) is 0 Å². The minimum absolute atomic E-state index is 0.250. The standard InChI is InChI=1S/C38H46N2O7/c1-43-31-21-27-23-46-32-17-9-11-19-37(32,29-13-5-3-6-14-29)39-34(41)25-45-26-35(42)40-38(30-15-7-4-8-16-30)20-12-10-18-33(38)47-24-28(22-31)36(27)44-2/h3-8,13-16,21-22,32-33H,9-12,17-20,23-26H2,1-2H3,(H,39,41)(H,40,42)/t32-,33-,37-,38-/m1/s1. The van der Waals surface area contributed by atoms with Crippen molar-refractivity contribution in [3.05, 3.63) is 95.1 Å². The molecule has 1 heterocycles. The van der Waals surface area contributed by atoms with E-state index in [0.717, 1.165) is 60.8 Å². The van der Waals surface area contributed by atoms with Crippen molar-refractivity contribution in [3.8, 4) is 11.5 Å². The highest BCUT2D eigenvalue weighted by Crippen LogP contribution is 2.42. The van der Waals surface area contributed by atoms with E-state index in [1.54, 1.807) is 14.2 Å². The van der Waals surface area contributed by atoms with E-state index in [0.29, 0.717) is 24.3 Å². The van der Waals surface area contributed by atoms with Crippen molar-refractivity contribution in [2.45, 2.75) is 87.9 Å². The number of rotatable bonds is 4. The molecule has 3 aromatic carbocycles. The molecule has 0 spiro atoms. The summed E-state index contributed by atoms with van der Waals surface area (Å²) in [6.45, 7) is 0.0129. The highest BCUT2D eigenvalue weighted by atomic mass is 16.5. The predicted octanol–water partition coefficient (Wildman–Crippen LogP) is 5.68. The average molecular weight is 643 g/mol. The zero-order valence-corrected chi connectivity index (χ0v) is 27.4. The van der Waals surface area contributed by atoms with E-state index in [4.69, 9.17) is 23.7 Å².